The second-order valence-electron chi connectivity index (χ2n) is 9.99. The number of hydrogen-bond acceptors (Lipinski definition) is 6. The first-order valence-corrected chi connectivity index (χ1v) is 12.0. The number of ether oxygens (including phenoxy) is 1. The maximum absolute atomic E-state index is 13.0. The topological polar surface area (TPSA) is 118 Å². The van der Waals surface area contributed by atoms with Crippen molar-refractivity contribution < 1.29 is 19.1 Å². The lowest BCUT2D eigenvalue weighted by Gasteiger charge is -2.29. The van der Waals surface area contributed by atoms with E-state index in [1.54, 1.807) is 22.6 Å². The van der Waals surface area contributed by atoms with Crippen molar-refractivity contribution in [3.8, 4) is 5.75 Å². The summed E-state index contributed by atoms with van der Waals surface area (Å²) in [7, 11) is 0. The minimum absolute atomic E-state index is 0.00589. The van der Waals surface area contributed by atoms with Gasteiger partial charge in [0.25, 0.3) is 5.91 Å². The van der Waals surface area contributed by atoms with E-state index in [0.717, 1.165) is 5.56 Å². The average Bonchev–Trinajstić information content (AvgIpc) is 3.24. The lowest BCUT2D eigenvalue weighted by molar-refractivity contribution is -0.140. The second-order valence-corrected chi connectivity index (χ2v) is 9.99. The molecular formula is C25H36N6O4. The van der Waals surface area contributed by atoms with Crippen LogP contribution in [0, 0.1) is 12.3 Å². The molecule has 1 aromatic carbocycles. The van der Waals surface area contributed by atoms with E-state index >= 15 is 0 Å². The van der Waals surface area contributed by atoms with Gasteiger partial charge in [0.15, 0.2) is 0 Å². The molecule has 1 aliphatic heterocycles. The van der Waals surface area contributed by atoms with Gasteiger partial charge in [-0.15, -0.1) is 5.10 Å². The van der Waals surface area contributed by atoms with E-state index in [2.05, 4.69) is 20.9 Å². The van der Waals surface area contributed by atoms with Crippen LogP contribution in [0.15, 0.2) is 24.4 Å². The minimum Gasteiger partial charge on any atom is -0.493 e. The fourth-order valence-electron chi connectivity index (χ4n) is 3.76. The molecule has 10 heteroatoms. The summed E-state index contributed by atoms with van der Waals surface area (Å²) in [6.07, 6.45) is 3.06. The van der Waals surface area contributed by atoms with Gasteiger partial charge in [0.2, 0.25) is 11.8 Å². The van der Waals surface area contributed by atoms with Gasteiger partial charge in [-0.2, -0.15) is 0 Å². The van der Waals surface area contributed by atoms with Crippen molar-refractivity contribution in [3.63, 3.8) is 0 Å². The molecule has 0 spiro atoms. The van der Waals surface area contributed by atoms with Crippen LogP contribution in [0.1, 0.15) is 62.2 Å². The van der Waals surface area contributed by atoms with Crippen molar-refractivity contribution in [3.05, 3.63) is 41.2 Å². The van der Waals surface area contributed by atoms with Gasteiger partial charge in [-0.1, -0.05) is 32.1 Å². The third-order valence-corrected chi connectivity index (χ3v) is 5.68. The maximum Gasteiger partial charge on any atom is 0.255 e. The molecule has 10 nitrogen and oxygen atoms in total. The van der Waals surface area contributed by atoms with E-state index < -0.39 is 11.5 Å². The molecule has 3 amide bonds. The number of aryl methyl sites for hydroxylation is 2. The Morgan fingerprint density at radius 3 is 2.69 bits per heavy atom. The van der Waals surface area contributed by atoms with Crippen LogP contribution in [0.4, 0.5) is 0 Å². The monoisotopic (exact) mass is 484 g/mol. The highest BCUT2D eigenvalue weighted by atomic mass is 16.5. The Kier molecular flexibility index (Phi) is 8.48. The van der Waals surface area contributed by atoms with Gasteiger partial charge in [-0.05, 0) is 38.0 Å². The van der Waals surface area contributed by atoms with Gasteiger partial charge in [0.05, 0.1) is 24.9 Å². The zero-order valence-corrected chi connectivity index (χ0v) is 21.3. The SMILES string of the molecule is Cc1ccc2c(c1)OCCCn1cc(nn1)CN(C(=O)C(C)(C)C)CCCNC(=O)[C@@H](C)NC2=O. The zero-order valence-electron chi connectivity index (χ0n) is 21.3. The maximum atomic E-state index is 13.0. The van der Waals surface area contributed by atoms with Crippen molar-refractivity contribution in [2.45, 2.75) is 66.6 Å². The molecule has 2 aromatic rings. The first kappa shape index (κ1) is 26.2. The van der Waals surface area contributed by atoms with Crippen LogP contribution in [0.5, 0.6) is 5.75 Å². The molecule has 1 aromatic heterocycles. The summed E-state index contributed by atoms with van der Waals surface area (Å²) in [5, 5.41) is 14.0. The lowest BCUT2D eigenvalue weighted by atomic mass is 9.94. The number of carbonyl (C=O) groups is 3. The predicted octanol–water partition coefficient (Wildman–Crippen LogP) is 2.07. The summed E-state index contributed by atoms with van der Waals surface area (Å²) < 4.78 is 7.66. The molecule has 2 N–H and O–H groups in total. The zero-order chi connectivity index (χ0) is 25.6. The number of amides is 3. The van der Waals surface area contributed by atoms with E-state index in [0.29, 0.717) is 62.6 Å². The molecule has 1 aliphatic rings. The summed E-state index contributed by atoms with van der Waals surface area (Å²) in [5.74, 6) is -0.180. The fraction of sp³-hybridized carbons (Fsp3) is 0.560. The highest BCUT2D eigenvalue weighted by Gasteiger charge is 2.28. The Balaban J connectivity index is 1.79. The number of aromatic nitrogens is 3. The largest absolute Gasteiger partial charge is 0.493 e. The standard InChI is InChI=1S/C25H36N6O4/c1-17-8-9-20-21(14-17)35-13-7-12-31-16-19(28-29-31)15-30(24(34)25(3,4)5)11-6-10-26-22(32)18(2)27-23(20)33/h8-9,14,16,18H,6-7,10-13,15H2,1-5H3,(H,26,32)(H,27,33)/t18-/m1/s1. The molecule has 35 heavy (non-hydrogen) atoms. The van der Waals surface area contributed by atoms with E-state index in [4.69, 9.17) is 4.74 Å². The summed E-state index contributed by atoms with van der Waals surface area (Å²) >= 11 is 0. The minimum atomic E-state index is -0.722. The molecule has 0 aliphatic carbocycles. The molecule has 3 rings (SSSR count). The van der Waals surface area contributed by atoms with Crippen molar-refractivity contribution in [1.82, 2.24) is 30.5 Å². The molecule has 0 unspecified atom stereocenters. The molecule has 1 atom stereocenters. The molecule has 190 valence electrons. The summed E-state index contributed by atoms with van der Waals surface area (Å²) in [4.78, 5) is 40.2. The molecule has 2 heterocycles. The van der Waals surface area contributed by atoms with Gasteiger partial charge in [-0.25, -0.2) is 0 Å². The number of rotatable bonds is 0. The van der Waals surface area contributed by atoms with Crippen LogP contribution in [0.25, 0.3) is 0 Å². The third kappa shape index (κ3) is 7.27. The molecule has 0 saturated heterocycles. The molecule has 0 fully saturated rings. The van der Waals surface area contributed by atoms with Crippen LogP contribution in [-0.4, -0.2) is 63.4 Å². The van der Waals surface area contributed by atoms with Gasteiger partial charge < -0.3 is 20.3 Å². The van der Waals surface area contributed by atoms with Gasteiger partial charge >= 0.3 is 0 Å². The number of nitrogens with zero attached hydrogens (tertiary/aromatic N) is 4. The molecule has 2 bridgehead atoms. The summed E-state index contributed by atoms with van der Waals surface area (Å²) in [6.45, 7) is 11.4. The van der Waals surface area contributed by atoms with E-state index in [9.17, 15) is 14.4 Å². The Bertz CT molecular complexity index is 1060. The molecule has 0 radical (unpaired) electrons. The lowest BCUT2D eigenvalue weighted by Crippen LogP contribution is -2.46. The normalized spacial score (nSPS) is 18.8. The fourth-order valence-corrected chi connectivity index (χ4v) is 3.76. The van der Waals surface area contributed by atoms with E-state index in [1.165, 1.54) is 0 Å². The first-order chi connectivity index (χ1) is 16.5. The smallest absolute Gasteiger partial charge is 0.255 e. The highest BCUT2D eigenvalue weighted by Crippen LogP contribution is 2.21. The number of carbonyl (C=O) groups excluding carboxylic acids is 3. The van der Waals surface area contributed by atoms with Gasteiger partial charge in [0, 0.05) is 31.5 Å². The van der Waals surface area contributed by atoms with Gasteiger partial charge in [0.1, 0.15) is 17.5 Å². The Labute approximate surface area is 206 Å². The number of fused-ring (bicyclic) bond motifs is 3. The van der Waals surface area contributed by atoms with Crippen molar-refractivity contribution in [1.29, 1.82) is 0 Å². The number of nitrogens with one attached hydrogen (secondary N) is 2. The Morgan fingerprint density at radius 2 is 1.94 bits per heavy atom. The van der Waals surface area contributed by atoms with Crippen LogP contribution >= 0.6 is 0 Å². The second kappa shape index (κ2) is 11.3. The Morgan fingerprint density at radius 1 is 1.17 bits per heavy atom. The Hall–Kier alpha value is -3.43. The average molecular weight is 485 g/mol. The molecular weight excluding hydrogens is 448 g/mol. The first-order valence-electron chi connectivity index (χ1n) is 12.0. The number of benzene rings is 1. The van der Waals surface area contributed by atoms with Crippen molar-refractivity contribution in [2.24, 2.45) is 5.41 Å². The van der Waals surface area contributed by atoms with E-state index in [1.807, 2.05) is 46.0 Å². The van der Waals surface area contributed by atoms with Gasteiger partial charge in [-0.3, -0.25) is 19.1 Å². The summed E-state index contributed by atoms with van der Waals surface area (Å²) in [6, 6.07) is 4.64. The van der Waals surface area contributed by atoms with Crippen LogP contribution in [0.2, 0.25) is 0 Å². The van der Waals surface area contributed by atoms with Crippen LogP contribution in [0.3, 0.4) is 0 Å². The van der Waals surface area contributed by atoms with Crippen LogP contribution < -0.4 is 15.4 Å². The highest BCUT2D eigenvalue weighted by molar-refractivity contribution is 5.99. The predicted molar refractivity (Wildman–Crippen MR) is 131 cm³/mol. The van der Waals surface area contributed by atoms with Crippen molar-refractivity contribution in [2.75, 3.05) is 19.7 Å². The summed E-state index contributed by atoms with van der Waals surface area (Å²) in [5.41, 5.74) is 1.51. The molecule has 0 saturated carbocycles. The third-order valence-electron chi connectivity index (χ3n) is 5.68. The number of hydrogen-bond donors (Lipinski definition) is 2. The van der Waals surface area contributed by atoms with E-state index in [-0.39, 0.29) is 17.7 Å². The van der Waals surface area contributed by atoms with Crippen molar-refractivity contribution >= 4 is 17.7 Å². The van der Waals surface area contributed by atoms with Crippen LogP contribution in [-0.2, 0) is 22.7 Å². The quantitative estimate of drug-likeness (QED) is 0.591.